The maximum Gasteiger partial charge on any atom is 0.251 e. The summed E-state index contributed by atoms with van der Waals surface area (Å²) >= 11 is 0. The number of benzene rings is 1. The lowest BCUT2D eigenvalue weighted by atomic mass is 10.1. The van der Waals surface area contributed by atoms with Crippen molar-refractivity contribution in [2.45, 2.75) is 52.2 Å². The van der Waals surface area contributed by atoms with E-state index in [9.17, 15) is 4.79 Å². The number of hydrogen-bond donors (Lipinski definition) is 3. The van der Waals surface area contributed by atoms with Crippen LogP contribution in [0.25, 0.3) is 0 Å². The molecule has 5 heteroatoms. The van der Waals surface area contributed by atoms with Gasteiger partial charge < -0.3 is 16.0 Å². The van der Waals surface area contributed by atoms with Crippen LogP contribution in [0, 0.1) is 5.92 Å². The topological polar surface area (TPSA) is 65.5 Å². The maximum atomic E-state index is 12.2. The van der Waals surface area contributed by atoms with Crippen LogP contribution in [0.2, 0.25) is 0 Å². The number of aliphatic imine (C=N–C) groups is 1. The second kappa shape index (κ2) is 7.99. The summed E-state index contributed by atoms with van der Waals surface area (Å²) in [4.78, 5) is 16.4. The predicted octanol–water partition coefficient (Wildman–Crippen LogP) is 2.29. The molecule has 0 spiro atoms. The molecule has 0 radical (unpaired) electrons. The molecule has 0 aromatic heterocycles. The number of guanidine groups is 1. The lowest BCUT2D eigenvalue weighted by molar-refractivity contribution is 0.0939. The zero-order valence-electron chi connectivity index (χ0n) is 14.5. The highest BCUT2D eigenvalue weighted by atomic mass is 16.1. The van der Waals surface area contributed by atoms with Crippen molar-refractivity contribution in [1.29, 1.82) is 0 Å². The molecule has 3 atom stereocenters. The van der Waals surface area contributed by atoms with Gasteiger partial charge in [-0.05, 0) is 43.4 Å². The fraction of sp³-hybridized carbons (Fsp3) is 0.556. The molecule has 1 aliphatic carbocycles. The third-order valence-corrected chi connectivity index (χ3v) is 4.29. The van der Waals surface area contributed by atoms with Gasteiger partial charge in [0.2, 0.25) is 0 Å². The molecule has 1 fully saturated rings. The highest BCUT2D eigenvalue weighted by molar-refractivity contribution is 5.94. The fourth-order valence-corrected chi connectivity index (χ4v) is 2.31. The van der Waals surface area contributed by atoms with E-state index < -0.39 is 0 Å². The summed E-state index contributed by atoms with van der Waals surface area (Å²) in [6, 6.07) is 8.43. The van der Waals surface area contributed by atoms with E-state index in [1.165, 1.54) is 6.42 Å². The van der Waals surface area contributed by atoms with Crippen LogP contribution < -0.4 is 16.0 Å². The standard InChI is InChI=1S/C18H28N4O/c1-5-13(3)21-17(23)15-8-6-7-14(10-15)11-20-18(19-4)22-16-9-12(16)2/h6-8,10,12-13,16H,5,9,11H2,1-4H3,(H,21,23)(H2,19,20,22). The lowest BCUT2D eigenvalue weighted by Crippen LogP contribution is -2.38. The van der Waals surface area contributed by atoms with Gasteiger partial charge in [-0.3, -0.25) is 9.79 Å². The smallest absolute Gasteiger partial charge is 0.251 e. The van der Waals surface area contributed by atoms with Gasteiger partial charge >= 0.3 is 0 Å². The SMILES string of the molecule is CCC(C)NC(=O)c1cccc(CNC(=NC)NC2CC2C)c1. The lowest BCUT2D eigenvalue weighted by Gasteiger charge is -2.13. The average Bonchev–Trinajstić information content (AvgIpc) is 3.26. The van der Waals surface area contributed by atoms with Crippen molar-refractivity contribution < 1.29 is 4.79 Å². The molecule has 0 aliphatic heterocycles. The molecule has 3 unspecified atom stereocenters. The van der Waals surface area contributed by atoms with Gasteiger partial charge in [0.05, 0.1) is 0 Å². The molecule has 0 bridgehead atoms. The number of rotatable bonds is 6. The van der Waals surface area contributed by atoms with Crippen LogP contribution in [0.4, 0.5) is 0 Å². The Hall–Kier alpha value is -2.04. The second-order valence-electron chi connectivity index (χ2n) is 6.37. The average molecular weight is 316 g/mol. The normalized spacial score (nSPS) is 21.5. The first kappa shape index (κ1) is 17.3. The van der Waals surface area contributed by atoms with Crippen LogP contribution in [0.3, 0.4) is 0 Å². The van der Waals surface area contributed by atoms with Gasteiger partial charge in [-0.15, -0.1) is 0 Å². The minimum absolute atomic E-state index is 0.0180. The minimum Gasteiger partial charge on any atom is -0.353 e. The Morgan fingerprint density at radius 3 is 2.78 bits per heavy atom. The Labute approximate surface area is 139 Å². The van der Waals surface area contributed by atoms with E-state index in [0.717, 1.165) is 23.9 Å². The third kappa shape index (κ3) is 5.27. The summed E-state index contributed by atoms with van der Waals surface area (Å²) in [6.07, 6.45) is 2.13. The summed E-state index contributed by atoms with van der Waals surface area (Å²) in [5.74, 6) is 1.52. The molecule has 5 nitrogen and oxygen atoms in total. The van der Waals surface area contributed by atoms with E-state index in [-0.39, 0.29) is 11.9 Å². The van der Waals surface area contributed by atoms with E-state index in [4.69, 9.17) is 0 Å². The summed E-state index contributed by atoms with van der Waals surface area (Å²) in [6.45, 7) is 6.94. The summed E-state index contributed by atoms with van der Waals surface area (Å²) in [5, 5.41) is 9.69. The van der Waals surface area contributed by atoms with E-state index in [1.807, 2.05) is 31.2 Å². The molecule has 3 N–H and O–H groups in total. The second-order valence-corrected chi connectivity index (χ2v) is 6.37. The molecular formula is C18H28N4O. The summed E-state index contributed by atoms with van der Waals surface area (Å²) in [7, 11) is 1.78. The minimum atomic E-state index is -0.0180. The number of nitrogens with one attached hydrogen (secondary N) is 3. The van der Waals surface area contributed by atoms with Gasteiger partial charge in [0.1, 0.15) is 0 Å². The number of carbonyl (C=O) groups excluding carboxylic acids is 1. The molecule has 1 aromatic carbocycles. The predicted molar refractivity (Wildman–Crippen MR) is 94.6 cm³/mol. The molecular weight excluding hydrogens is 288 g/mol. The van der Waals surface area contributed by atoms with Crippen molar-refractivity contribution in [3.05, 3.63) is 35.4 Å². The van der Waals surface area contributed by atoms with Crippen LogP contribution in [-0.4, -0.2) is 31.0 Å². The van der Waals surface area contributed by atoms with Crippen LogP contribution in [-0.2, 0) is 6.54 Å². The molecule has 1 aromatic rings. The number of carbonyl (C=O) groups is 1. The number of amides is 1. The van der Waals surface area contributed by atoms with E-state index in [0.29, 0.717) is 18.2 Å². The zero-order valence-corrected chi connectivity index (χ0v) is 14.5. The van der Waals surface area contributed by atoms with Gasteiger partial charge in [-0.2, -0.15) is 0 Å². The maximum absolute atomic E-state index is 12.2. The first-order chi connectivity index (χ1) is 11.0. The van der Waals surface area contributed by atoms with Crippen molar-refractivity contribution >= 4 is 11.9 Å². The van der Waals surface area contributed by atoms with Crippen molar-refractivity contribution in [2.24, 2.45) is 10.9 Å². The Balaban J connectivity index is 1.90. The van der Waals surface area contributed by atoms with Crippen molar-refractivity contribution in [3.63, 3.8) is 0 Å². The zero-order chi connectivity index (χ0) is 16.8. The molecule has 126 valence electrons. The van der Waals surface area contributed by atoms with Crippen molar-refractivity contribution in [3.8, 4) is 0 Å². The van der Waals surface area contributed by atoms with Gasteiger partial charge in [0, 0.05) is 31.2 Å². The Kier molecular flexibility index (Phi) is 6.02. The largest absolute Gasteiger partial charge is 0.353 e. The third-order valence-electron chi connectivity index (χ3n) is 4.29. The van der Waals surface area contributed by atoms with E-state index in [2.05, 4.69) is 34.8 Å². The van der Waals surface area contributed by atoms with Gasteiger partial charge in [-0.25, -0.2) is 0 Å². The molecule has 23 heavy (non-hydrogen) atoms. The molecule has 1 saturated carbocycles. The van der Waals surface area contributed by atoms with Crippen LogP contribution in [0.1, 0.15) is 49.5 Å². The van der Waals surface area contributed by atoms with Crippen LogP contribution in [0.15, 0.2) is 29.3 Å². The van der Waals surface area contributed by atoms with Crippen molar-refractivity contribution in [2.75, 3.05) is 7.05 Å². The van der Waals surface area contributed by atoms with Crippen LogP contribution >= 0.6 is 0 Å². The van der Waals surface area contributed by atoms with E-state index >= 15 is 0 Å². The first-order valence-corrected chi connectivity index (χ1v) is 8.40. The number of nitrogens with zero attached hydrogens (tertiary/aromatic N) is 1. The van der Waals surface area contributed by atoms with E-state index in [1.54, 1.807) is 7.05 Å². The number of hydrogen-bond acceptors (Lipinski definition) is 2. The fourth-order valence-electron chi connectivity index (χ4n) is 2.31. The highest BCUT2D eigenvalue weighted by Crippen LogP contribution is 2.28. The molecule has 1 aliphatic rings. The quantitative estimate of drug-likeness (QED) is 0.557. The first-order valence-electron chi connectivity index (χ1n) is 8.40. The molecule has 2 rings (SSSR count). The monoisotopic (exact) mass is 316 g/mol. The van der Waals surface area contributed by atoms with Gasteiger partial charge in [0.25, 0.3) is 5.91 Å². The van der Waals surface area contributed by atoms with Gasteiger partial charge in [-0.1, -0.05) is 26.0 Å². The molecule has 0 heterocycles. The molecule has 1 amide bonds. The highest BCUT2D eigenvalue weighted by Gasteiger charge is 2.33. The van der Waals surface area contributed by atoms with Gasteiger partial charge in [0.15, 0.2) is 5.96 Å². The summed E-state index contributed by atoms with van der Waals surface area (Å²) < 4.78 is 0. The Morgan fingerprint density at radius 2 is 2.17 bits per heavy atom. The van der Waals surface area contributed by atoms with Crippen LogP contribution in [0.5, 0.6) is 0 Å². The van der Waals surface area contributed by atoms with Crippen molar-refractivity contribution in [1.82, 2.24) is 16.0 Å². The molecule has 0 saturated heterocycles. The summed E-state index contributed by atoms with van der Waals surface area (Å²) in [5.41, 5.74) is 1.76. The Morgan fingerprint density at radius 1 is 1.43 bits per heavy atom. The Bertz CT molecular complexity index is 570.